The van der Waals surface area contributed by atoms with Gasteiger partial charge in [0.1, 0.15) is 0 Å². The molecule has 1 saturated carbocycles. The minimum atomic E-state index is -0.752. The van der Waals surface area contributed by atoms with E-state index in [1.807, 2.05) is 4.90 Å². The van der Waals surface area contributed by atoms with Gasteiger partial charge in [-0.25, -0.2) is 0 Å². The predicted molar refractivity (Wildman–Crippen MR) is 71.6 cm³/mol. The largest absolute Gasteiger partial charge is 0.481 e. The molecule has 1 heterocycles. The van der Waals surface area contributed by atoms with Gasteiger partial charge in [0.2, 0.25) is 11.8 Å². The lowest BCUT2D eigenvalue weighted by Crippen LogP contribution is -2.45. The van der Waals surface area contributed by atoms with Gasteiger partial charge in [-0.3, -0.25) is 14.4 Å². The van der Waals surface area contributed by atoms with E-state index in [4.69, 9.17) is 10.8 Å². The quantitative estimate of drug-likeness (QED) is 0.791. The first-order chi connectivity index (χ1) is 9.49. The van der Waals surface area contributed by atoms with Gasteiger partial charge in [0.25, 0.3) is 0 Å². The van der Waals surface area contributed by atoms with E-state index >= 15 is 0 Å². The number of aliphatic carboxylic acids is 1. The number of carbonyl (C=O) groups is 3. The van der Waals surface area contributed by atoms with Gasteiger partial charge in [0, 0.05) is 24.9 Å². The normalized spacial score (nSPS) is 28.1. The van der Waals surface area contributed by atoms with Crippen molar-refractivity contribution in [2.45, 2.75) is 38.5 Å². The Labute approximate surface area is 118 Å². The van der Waals surface area contributed by atoms with Crippen molar-refractivity contribution in [3.05, 3.63) is 0 Å². The number of carbonyl (C=O) groups excluding carboxylic acids is 2. The van der Waals surface area contributed by atoms with Crippen molar-refractivity contribution < 1.29 is 19.5 Å². The molecule has 0 aromatic carbocycles. The van der Waals surface area contributed by atoms with Crippen LogP contribution >= 0.6 is 0 Å². The van der Waals surface area contributed by atoms with Crippen molar-refractivity contribution in [3.63, 3.8) is 0 Å². The molecule has 6 nitrogen and oxygen atoms in total. The van der Waals surface area contributed by atoms with Crippen LogP contribution < -0.4 is 5.73 Å². The summed E-state index contributed by atoms with van der Waals surface area (Å²) < 4.78 is 0. The molecule has 20 heavy (non-hydrogen) atoms. The second kappa shape index (κ2) is 6.24. The van der Waals surface area contributed by atoms with Crippen LogP contribution in [0.15, 0.2) is 0 Å². The molecule has 0 atom stereocenters. The molecule has 1 saturated heterocycles. The fourth-order valence-electron chi connectivity index (χ4n) is 3.23. The smallest absolute Gasteiger partial charge is 0.306 e. The Morgan fingerprint density at radius 3 is 1.80 bits per heavy atom. The van der Waals surface area contributed by atoms with Gasteiger partial charge < -0.3 is 15.7 Å². The molecule has 2 amide bonds. The molecule has 3 N–H and O–H groups in total. The summed E-state index contributed by atoms with van der Waals surface area (Å²) in [4.78, 5) is 36.2. The number of nitrogens with zero attached hydrogens (tertiary/aromatic N) is 1. The number of nitrogens with two attached hydrogens (primary N) is 1. The number of amides is 2. The molecular formula is C14H22N2O4. The molecule has 0 aromatic heterocycles. The molecule has 1 aliphatic heterocycles. The van der Waals surface area contributed by atoms with Crippen molar-refractivity contribution in [2.75, 3.05) is 13.1 Å². The van der Waals surface area contributed by atoms with Gasteiger partial charge in [-0.2, -0.15) is 0 Å². The Morgan fingerprint density at radius 2 is 1.35 bits per heavy atom. The number of hydrogen-bond donors (Lipinski definition) is 2. The van der Waals surface area contributed by atoms with Crippen LogP contribution in [-0.2, 0) is 14.4 Å². The Kier molecular flexibility index (Phi) is 4.62. The van der Waals surface area contributed by atoms with Gasteiger partial charge in [-0.1, -0.05) is 0 Å². The number of carboxylic acid groups (broad SMARTS) is 1. The average Bonchev–Trinajstić information content (AvgIpc) is 2.46. The Balaban J connectivity index is 1.81. The monoisotopic (exact) mass is 282 g/mol. The van der Waals surface area contributed by atoms with Crippen molar-refractivity contribution in [3.8, 4) is 0 Å². The molecule has 2 rings (SSSR count). The zero-order valence-electron chi connectivity index (χ0n) is 11.6. The lowest BCUT2D eigenvalue weighted by molar-refractivity contribution is -0.146. The standard InChI is InChI=1S/C14H22N2O4/c15-12(17)9-5-7-16(8-6-9)13(18)10-1-3-11(4-2-10)14(19)20/h9-11H,1-8H2,(H2,15,17)(H,19,20). The lowest BCUT2D eigenvalue weighted by Gasteiger charge is -2.35. The van der Waals surface area contributed by atoms with E-state index in [0.29, 0.717) is 51.6 Å². The molecule has 0 aromatic rings. The second-order valence-corrected chi connectivity index (χ2v) is 5.89. The van der Waals surface area contributed by atoms with Crippen molar-refractivity contribution in [1.29, 1.82) is 0 Å². The van der Waals surface area contributed by atoms with Gasteiger partial charge in [0.05, 0.1) is 5.92 Å². The average molecular weight is 282 g/mol. The molecule has 0 bridgehead atoms. The fraction of sp³-hybridized carbons (Fsp3) is 0.786. The number of primary amides is 1. The zero-order chi connectivity index (χ0) is 14.7. The van der Waals surface area contributed by atoms with E-state index in [1.165, 1.54) is 0 Å². The maximum absolute atomic E-state index is 12.4. The molecule has 0 spiro atoms. The third-order valence-corrected chi connectivity index (χ3v) is 4.63. The summed E-state index contributed by atoms with van der Waals surface area (Å²) >= 11 is 0. The first kappa shape index (κ1) is 14.8. The van der Waals surface area contributed by atoms with E-state index in [0.717, 1.165) is 0 Å². The molecule has 112 valence electrons. The minimum absolute atomic E-state index is 0.0456. The third-order valence-electron chi connectivity index (χ3n) is 4.63. The maximum atomic E-state index is 12.4. The highest BCUT2D eigenvalue weighted by atomic mass is 16.4. The van der Waals surface area contributed by atoms with E-state index in [9.17, 15) is 14.4 Å². The molecule has 0 radical (unpaired) electrons. The lowest BCUT2D eigenvalue weighted by atomic mass is 9.81. The van der Waals surface area contributed by atoms with Gasteiger partial charge in [-0.15, -0.1) is 0 Å². The zero-order valence-corrected chi connectivity index (χ0v) is 11.6. The molecule has 6 heteroatoms. The van der Waals surface area contributed by atoms with Crippen molar-refractivity contribution >= 4 is 17.8 Å². The summed E-state index contributed by atoms with van der Waals surface area (Å²) in [6, 6.07) is 0. The van der Waals surface area contributed by atoms with E-state index in [2.05, 4.69) is 0 Å². The number of likely N-dealkylation sites (tertiary alicyclic amines) is 1. The fourth-order valence-corrected chi connectivity index (χ4v) is 3.23. The van der Waals surface area contributed by atoms with Crippen LogP contribution in [-0.4, -0.2) is 40.9 Å². The highest BCUT2D eigenvalue weighted by molar-refractivity contribution is 5.80. The summed E-state index contributed by atoms with van der Waals surface area (Å²) in [5, 5.41) is 8.95. The highest BCUT2D eigenvalue weighted by Crippen LogP contribution is 2.31. The van der Waals surface area contributed by atoms with Crippen LogP contribution in [0.1, 0.15) is 38.5 Å². The minimum Gasteiger partial charge on any atom is -0.481 e. The van der Waals surface area contributed by atoms with Crippen LogP contribution in [0.3, 0.4) is 0 Å². The first-order valence-electron chi connectivity index (χ1n) is 7.30. The molecule has 0 unspecified atom stereocenters. The molecule has 1 aliphatic carbocycles. The van der Waals surface area contributed by atoms with Crippen molar-refractivity contribution in [2.24, 2.45) is 23.5 Å². The summed E-state index contributed by atoms with van der Waals surface area (Å²) in [6.07, 6.45) is 3.78. The van der Waals surface area contributed by atoms with Gasteiger partial charge in [-0.05, 0) is 38.5 Å². The third kappa shape index (κ3) is 3.29. The van der Waals surface area contributed by atoms with Crippen LogP contribution in [0.4, 0.5) is 0 Å². The number of piperidine rings is 1. The SMILES string of the molecule is NC(=O)C1CCN(C(=O)C2CCC(C(=O)O)CC2)CC1. The van der Waals surface area contributed by atoms with Crippen LogP contribution in [0.2, 0.25) is 0 Å². The maximum Gasteiger partial charge on any atom is 0.306 e. The molecular weight excluding hydrogens is 260 g/mol. The Morgan fingerprint density at radius 1 is 0.850 bits per heavy atom. The first-order valence-corrected chi connectivity index (χ1v) is 7.30. The number of hydrogen-bond acceptors (Lipinski definition) is 3. The second-order valence-electron chi connectivity index (χ2n) is 5.89. The van der Waals surface area contributed by atoms with E-state index in [1.54, 1.807) is 0 Å². The van der Waals surface area contributed by atoms with Gasteiger partial charge in [0.15, 0.2) is 0 Å². The van der Waals surface area contributed by atoms with Crippen LogP contribution in [0, 0.1) is 17.8 Å². The summed E-state index contributed by atoms with van der Waals surface area (Å²) in [5.41, 5.74) is 5.28. The molecule has 2 fully saturated rings. The van der Waals surface area contributed by atoms with Crippen LogP contribution in [0.5, 0.6) is 0 Å². The number of carboxylic acids is 1. The Bertz CT molecular complexity index is 358. The van der Waals surface area contributed by atoms with Crippen LogP contribution in [0.25, 0.3) is 0 Å². The highest BCUT2D eigenvalue weighted by Gasteiger charge is 2.34. The van der Waals surface area contributed by atoms with E-state index < -0.39 is 5.97 Å². The summed E-state index contributed by atoms with van der Waals surface area (Å²) in [7, 11) is 0. The molecule has 2 aliphatic rings. The topological polar surface area (TPSA) is 101 Å². The summed E-state index contributed by atoms with van der Waals surface area (Å²) in [5.74, 6) is -1.36. The van der Waals surface area contributed by atoms with Gasteiger partial charge >= 0.3 is 5.97 Å². The Hall–Kier alpha value is -1.59. The predicted octanol–water partition coefficient (Wildman–Crippen LogP) is 0.601. The number of rotatable bonds is 3. The summed E-state index contributed by atoms with van der Waals surface area (Å²) in [6.45, 7) is 1.18. The van der Waals surface area contributed by atoms with E-state index in [-0.39, 0.29) is 29.6 Å². The van der Waals surface area contributed by atoms with Crippen molar-refractivity contribution in [1.82, 2.24) is 4.90 Å².